The first-order valence-corrected chi connectivity index (χ1v) is 11.1. The van der Waals surface area contributed by atoms with Gasteiger partial charge < -0.3 is 10.3 Å². The summed E-state index contributed by atoms with van der Waals surface area (Å²) >= 11 is 3.13. The van der Waals surface area contributed by atoms with Gasteiger partial charge in [0.15, 0.2) is 5.16 Å². The molecular weight excluding hydrogens is 378 g/mol. The molecule has 2 atom stereocenters. The average Bonchev–Trinajstić information content (AvgIpc) is 3.11. The summed E-state index contributed by atoms with van der Waals surface area (Å²) in [6.07, 6.45) is 3.63. The fourth-order valence-electron chi connectivity index (χ4n) is 3.96. The number of thiophene rings is 1. The molecule has 5 nitrogen and oxygen atoms in total. The number of anilines is 1. The van der Waals surface area contributed by atoms with E-state index in [2.05, 4.69) is 42.1 Å². The van der Waals surface area contributed by atoms with E-state index in [0.717, 1.165) is 22.7 Å². The minimum Gasteiger partial charge on any atom is -0.343 e. The maximum absolute atomic E-state index is 13.1. The summed E-state index contributed by atoms with van der Waals surface area (Å²) in [4.78, 5) is 34.7. The Morgan fingerprint density at radius 1 is 1.33 bits per heavy atom. The van der Waals surface area contributed by atoms with Gasteiger partial charge in [-0.1, -0.05) is 44.7 Å². The molecule has 2 aliphatic rings. The molecule has 142 valence electrons. The van der Waals surface area contributed by atoms with Gasteiger partial charge in [0, 0.05) is 28.7 Å². The Balaban J connectivity index is 1.90. The second-order valence-electron chi connectivity index (χ2n) is 7.81. The van der Waals surface area contributed by atoms with Crippen LogP contribution in [0.4, 0.5) is 5.82 Å². The summed E-state index contributed by atoms with van der Waals surface area (Å²) < 4.78 is 0. The van der Waals surface area contributed by atoms with Crippen molar-refractivity contribution in [2.45, 2.75) is 44.7 Å². The van der Waals surface area contributed by atoms with Crippen molar-refractivity contribution < 1.29 is 4.79 Å². The highest BCUT2D eigenvalue weighted by Gasteiger charge is 2.45. The van der Waals surface area contributed by atoms with Gasteiger partial charge >= 0.3 is 0 Å². The predicted octanol–water partition coefficient (Wildman–Crippen LogP) is 4.39. The number of carbonyl (C=O) groups excluding carboxylic acids is 1. The number of fused-ring (bicyclic) bond motifs is 2. The lowest BCUT2D eigenvalue weighted by molar-refractivity contribution is -0.124. The van der Waals surface area contributed by atoms with Crippen LogP contribution in [0.5, 0.6) is 0 Å². The summed E-state index contributed by atoms with van der Waals surface area (Å²) in [6.45, 7) is 6.23. The number of aromatic nitrogens is 2. The zero-order chi connectivity index (χ0) is 19.2. The molecule has 2 aromatic rings. The molecule has 1 aliphatic heterocycles. The summed E-state index contributed by atoms with van der Waals surface area (Å²) in [6, 6.07) is 3.98. The third-order valence-corrected chi connectivity index (χ3v) is 7.03. The SMILES string of the molecule is CCCSc1nc2c(c(=O)[nH]1)[C@H](c1cccs1)[C@H]1C(=O)CC(C)(C)C=C1N2. The third kappa shape index (κ3) is 3.38. The Morgan fingerprint density at radius 2 is 2.15 bits per heavy atom. The van der Waals surface area contributed by atoms with Crippen LogP contribution >= 0.6 is 23.1 Å². The Morgan fingerprint density at radius 3 is 2.85 bits per heavy atom. The van der Waals surface area contributed by atoms with E-state index >= 15 is 0 Å². The highest BCUT2D eigenvalue weighted by atomic mass is 32.2. The van der Waals surface area contributed by atoms with Gasteiger partial charge in [0.2, 0.25) is 0 Å². The molecule has 1 aliphatic carbocycles. The fraction of sp³-hybridized carbons (Fsp3) is 0.450. The van der Waals surface area contributed by atoms with Crippen LogP contribution in [0.3, 0.4) is 0 Å². The minimum atomic E-state index is -0.346. The van der Waals surface area contributed by atoms with E-state index in [-0.39, 0.29) is 28.6 Å². The van der Waals surface area contributed by atoms with Crippen LogP contribution in [0.25, 0.3) is 0 Å². The number of ketones is 1. The zero-order valence-electron chi connectivity index (χ0n) is 15.7. The van der Waals surface area contributed by atoms with Crippen molar-refractivity contribution in [2.24, 2.45) is 11.3 Å². The van der Waals surface area contributed by atoms with Crippen molar-refractivity contribution in [2.75, 3.05) is 11.1 Å². The van der Waals surface area contributed by atoms with E-state index in [0.29, 0.717) is 23.0 Å². The van der Waals surface area contributed by atoms with E-state index < -0.39 is 0 Å². The molecule has 0 unspecified atom stereocenters. The van der Waals surface area contributed by atoms with Gasteiger partial charge in [-0.2, -0.15) is 0 Å². The lowest BCUT2D eigenvalue weighted by Crippen LogP contribution is -2.41. The quantitative estimate of drug-likeness (QED) is 0.587. The van der Waals surface area contributed by atoms with E-state index in [1.165, 1.54) is 0 Å². The average molecular weight is 402 g/mol. The van der Waals surface area contributed by atoms with E-state index in [1.54, 1.807) is 23.1 Å². The number of thioether (sulfide) groups is 1. The molecule has 0 spiro atoms. The fourth-order valence-corrected chi connectivity index (χ4v) is 5.55. The second-order valence-corrected chi connectivity index (χ2v) is 9.87. The molecule has 0 fully saturated rings. The van der Waals surface area contributed by atoms with Gasteiger partial charge in [-0.05, 0) is 23.3 Å². The Kier molecular flexibility index (Phi) is 4.76. The number of nitrogens with one attached hydrogen (secondary N) is 2. The van der Waals surface area contributed by atoms with Crippen LogP contribution in [0.15, 0.2) is 39.2 Å². The standard InChI is InChI=1S/C20H23N3O2S2/c1-4-7-27-19-22-17-16(18(25)23-19)15(13-6-5-8-26-13)14-11(21-17)9-20(2,3)10-12(14)24/h5-6,8-9,14-15H,4,7,10H2,1-3H3,(H2,21,22,23,25)/t14-,15-/m1/s1. The van der Waals surface area contributed by atoms with E-state index in [9.17, 15) is 9.59 Å². The number of hydrogen-bond acceptors (Lipinski definition) is 6. The maximum Gasteiger partial charge on any atom is 0.257 e. The third-order valence-electron chi connectivity index (χ3n) is 4.99. The molecule has 2 aromatic heterocycles. The summed E-state index contributed by atoms with van der Waals surface area (Å²) in [5.41, 5.74) is 1.11. The Hall–Kier alpha value is -1.86. The van der Waals surface area contributed by atoms with Crippen molar-refractivity contribution in [3.8, 4) is 0 Å². The van der Waals surface area contributed by atoms with Crippen LogP contribution < -0.4 is 10.9 Å². The number of aromatic amines is 1. The summed E-state index contributed by atoms with van der Waals surface area (Å²) in [5.74, 6) is 1.04. The zero-order valence-corrected chi connectivity index (χ0v) is 17.3. The van der Waals surface area contributed by atoms with Crippen molar-refractivity contribution >= 4 is 34.7 Å². The smallest absolute Gasteiger partial charge is 0.257 e. The first-order chi connectivity index (χ1) is 12.9. The second kappa shape index (κ2) is 6.95. The molecule has 2 N–H and O–H groups in total. The molecule has 0 saturated carbocycles. The van der Waals surface area contributed by atoms with Gasteiger partial charge in [-0.25, -0.2) is 4.98 Å². The lowest BCUT2D eigenvalue weighted by Gasteiger charge is -2.40. The predicted molar refractivity (Wildman–Crippen MR) is 111 cm³/mol. The molecular formula is C20H23N3O2S2. The molecule has 3 heterocycles. The van der Waals surface area contributed by atoms with Gasteiger partial charge in [0.25, 0.3) is 5.56 Å². The normalized spacial score (nSPS) is 23.2. The number of allylic oxidation sites excluding steroid dienone is 2. The van der Waals surface area contributed by atoms with Crippen molar-refractivity contribution in [3.05, 3.63) is 50.1 Å². The van der Waals surface area contributed by atoms with Crippen LogP contribution in [0.2, 0.25) is 0 Å². The van der Waals surface area contributed by atoms with E-state index in [1.807, 2.05) is 17.5 Å². The van der Waals surface area contributed by atoms with Gasteiger partial charge in [0.05, 0.1) is 11.5 Å². The summed E-state index contributed by atoms with van der Waals surface area (Å²) in [7, 11) is 0. The first kappa shape index (κ1) is 18.5. The van der Waals surface area contributed by atoms with Gasteiger partial charge in [-0.3, -0.25) is 9.59 Å². The molecule has 7 heteroatoms. The number of H-pyrrole nitrogens is 1. The first-order valence-electron chi connectivity index (χ1n) is 9.22. The van der Waals surface area contributed by atoms with Crippen LogP contribution in [0.1, 0.15) is 50.0 Å². The molecule has 0 radical (unpaired) electrons. The molecule has 4 rings (SSSR count). The largest absolute Gasteiger partial charge is 0.343 e. The monoisotopic (exact) mass is 401 g/mol. The molecule has 0 saturated heterocycles. The minimum absolute atomic E-state index is 0.152. The van der Waals surface area contributed by atoms with Crippen molar-refractivity contribution in [3.63, 3.8) is 0 Å². The van der Waals surface area contributed by atoms with Crippen molar-refractivity contribution in [1.29, 1.82) is 0 Å². The number of carbonyl (C=O) groups is 1. The molecule has 27 heavy (non-hydrogen) atoms. The van der Waals surface area contributed by atoms with Crippen LogP contribution in [-0.2, 0) is 4.79 Å². The number of rotatable bonds is 4. The van der Waals surface area contributed by atoms with Crippen LogP contribution in [0, 0.1) is 11.3 Å². The Bertz CT molecular complexity index is 960. The highest BCUT2D eigenvalue weighted by Crippen LogP contribution is 2.48. The van der Waals surface area contributed by atoms with Crippen LogP contribution in [-0.4, -0.2) is 21.5 Å². The Labute approximate surface area is 166 Å². The topological polar surface area (TPSA) is 74.8 Å². The van der Waals surface area contributed by atoms with Gasteiger partial charge in [-0.15, -0.1) is 11.3 Å². The molecule has 0 aromatic carbocycles. The highest BCUT2D eigenvalue weighted by molar-refractivity contribution is 7.99. The van der Waals surface area contributed by atoms with E-state index in [4.69, 9.17) is 0 Å². The maximum atomic E-state index is 13.1. The summed E-state index contributed by atoms with van der Waals surface area (Å²) in [5, 5.41) is 5.95. The number of nitrogens with zero attached hydrogens (tertiary/aromatic N) is 1. The molecule has 0 bridgehead atoms. The lowest BCUT2D eigenvalue weighted by atomic mass is 9.68. The number of hydrogen-bond donors (Lipinski definition) is 2. The number of Topliss-reactive ketones (excluding diaryl/α,β-unsaturated/α-hetero) is 1. The van der Waals surface area contributed by atoms with Crippen molar-refractivity contribution in [1.82, 2.24) is 9.97 Å². The van der Waals surface area contributed by atoms with Gasteiger partial charge in [0.1, 0.15) is 11.6 Å². The molecule has 0 amide bonds.